The van der Waals surface area contributed by atoms with Gasteiger partial charge in [0.15, 0.2) is 0 Å². The molecule has 0 bridgehead atoms. The molecular formula is C14H13F2NO3. The Labute approximate surface area is 114 Å². The van der Waals surface area contributed by atoms with E-state index in [1.807, 2.05) is 0 Å². The van der Waals surface area contributed by atoms with Gasteiger partial charge >= 0.3 is 6.09 Å². The van der Waals surface area contributed by atoms with Gasteiger partial charge in [0.1, 0.15) is 18.2 Å². The maximum absolute atomic E-state index is 13.5. The summed E-state index contributed by atoms with van der Waals surface area (Å²) in [6, 6.07) is 3.17. The number of benzene rings is 1. The summed E-state index contributed by atoms with van der Waals surface area (Å²) in [6.45, 7) is 4.11. The first-order valence-corrected chi connectivity index (χ1v) is 6.09. The first kappa shape index (κ1) is 14.2. The molecule has 0 aromatic heterocycles. The number of allylic oxidation sites excluding steroid dienone is 1. The molecule has 0 N–H and O–H groups in total. The molecule has 6 heteroatoms. The number of imide groups is 1. The summed E-state index contributed by atoms with van der Waals surface area (Å²) in [6.07, 6.45) is -0.454. The summed E-state index contributed by atoms with van der Waals surface area (Å²) in [7, 11) is 0. The summed E-state index contributed by atoms with van der Waals surface area (Å²) >= 11 is 0. The van der Waals surface area contributed by atoms with Crippen molar-refractivity contribution in [3.05, 3.63) is 42.0 Å². The average Bonchev–Trinajstić information content (AvgIpc) is 2.82. The molecule has 0 saturated carbocycles. The van der Waals surface area contributed by atoms with E-state index < -0.39 is 23.6 Å². The minimum absolute atomic E-state index is 0.0186. The Morgan fingerprint density at radius 3 is 2.70 bits per heavy atom. The van der Waals surface area contributed by atoms with E-state index in [0.29, 0.717) is 5.57 Å². The SMILES string of the molecule is C=C(CCC(=O)N1CCOC1=O)c1ccc(F)cc1F. The number of halogens is 2. The molecule has 2 rings (SSSR count). The van der Waals surface area contributed by atoms with Gasteiger partial charge < -0.3 is 4.74 Å². The Morgan fingerprint density at radius 1 is 1.35 bits per heavy atom. The van der Waals surface area contributed by atoms with Crippen molar-refractivity contribution in [1.29, 1.82) is 0 Å². The van der Waals surface area contributed by atoms with Crippen LogP contribution in [0.1, 0.15) is 18.4 Å². The molecule has 1 heterocycles. The van der Waals surface area contributed by atoms with Gasteiger partial charge in [-0.15, -0.1) is 0 Å². The summed E-state index contributed by atoms with van der Waals surface area (Å²) in [5.74, 6) is -1.78. The fraction of sp³-hybridized carbons (Fsp3) is 0.286. The maximum atomic E-state index is 13.5. The van der Waals surface area contributed by atoms with Crippen LogP contribution in [0.3, 0.4) is 0 Å². The van der Waals surface area contributed by atoms with Crippen molar-refractivity contribution in [3.8, 4) is 0 Å². The van der Waals surface area contributed by atoms with Gasteiger partial charge in [-0.3, -0.25) is 4.79 Å². The van der Waals surface area contributed by atoms with Gasteiger partial charge in [-0.2, -0.15) is 0 Å². The first-order valence-electron chi connectivity index (χ1n) is 6.09. The fourth-order valence-corrected chi connectivity index (χ4v) is 1.92. The second kappa shape index (κ2) is 5.81. The number of nitrogens with zero attached hydrogens (tertiary/aromatic N) is 1. The van der Waals surface area contributed by atoms with E-state index in [2.05, 4.69) is 11.3 Å². The van der Waals surface area contributed by atoms with E-state index in [0.717, 1.165) is 17.0 Å². The highest BCUT2D eigenvalue weighted by Crippen LogP contribution is 2.22. The zero-order valence-electron chi connectivity index (χ0n) is 10.7. The Hall–Kier alpha value is -2.24. The lowest BCUT2D eigenvalue weighted by molar-refractivity contribution is -0.127. The number of ether oxygens (including phenoxy) is 1. The molecule has 1 aromatic carbocycles. The number of amides is 2. The van der Waals surface area contributed by atoms with Crippen LogP contribution in [0, 0.1) is 11.6 Å². The predicted octanol–water partition coefficient (Wildman–Crippen LogP) is 2.74. The third kappa shape index (κ3) is 3.01. The molecule has 106 valence electrons. The minimum Gasteiger partial charge on any atom is -0.447 e. The zero-order chi connectivity index (χ0) is 14.7. The Balaban J connectivity index is 1.95. The van der Waals surface area contributed by atoms with E-state index in [-0.39, 0.29) is 31.6 Å². The lowest BCUT2D eigenvalue weighted by atomic mass is 10.0. The first-order chi connectivity index (χ1) is 9.49. The normalized spacial score (nSPS) is 14.3. The average molecular weight is 281 g/mol. The van der Waals surface area contributed by atoms with Crippen molar-refractivity contribution in [3.63, 3.8) is 0 Å². The van der Waals surface area contributed by atoms with Gasteiger partial charge in [-0.1, -0.05) is 6.58 Å². The van der Waals surface area contributed by atoms with Crippen LogP contribution < -0.4 is 0 Å². The predicted molar refractivity (Wildman–Crippen MR) is 67.7 cm³/mol. The number of hydrogen-bond donors (Lipinski definition) is 0. The zero-order valence-corrected chi connectivity index (χ0v) is 10.7. The van der Waals surface area contributed by atoms with E-state index in [1.54, 1.807) is 0 Å². The third-order valence-electron chi connectivity index (χ3n) is 3.01. The van der Waals surface area contributed by atoms with Gasteiger partial charge in [0.05, 0.1) is 6.54 Å². The van der Waals surface area contributed by atoms with E-state index in [4.69, 9.17) is 0 Å². The smallest absolute Gasteiger partial charge is 0.416 e. The molecule has 4 nitrogen and oxygen atoms in total. The van der Waals surface area contributed by atoms with Crippen molar-refractivity contribution >= 4 is 17.6 Å². The number of hydrogen-bond acceptors (Lipinski definition) is 3. The molecule has 1 aliphatic heterocycles. The summed E-state index contributed by atoms with van der Waals surface area (Å²) in [5, 5.41) is 0. The largest absolute Gasteiger partial charge is 0.447 e. The quantitative estimate of drug-likeness (QED) is 0.852. The highest BCUT2D eigenvalue weighted by Gasteiger charge is 2.27. The highest BCUT2D eigenvalue weighted by atomic mass is 19.1. The van der Waals surface area contributed by atoms with Crippen LogP contribution in [0.5, 0.6) is 0 Å². The fourth-order valence-electron chi connectivity index (χ4n) is 1.92. The molecule has 0 aliphatic carbocycles. The van der Waals surface area contributed by atoms with E-state index >= 15 is 0 Å². The molecule has 20 heavy (non-hydrogen) atoms. The topological polar surface area (TPSA) is 46.6 Å². The van der Waals surface area contributed by atoms with E-state index in [1.165, 1.54) is 6.07 Å². The number of cyclic esters (lactones) is 1. The summed E-state index contributed by atoms with van der Waals surface area (Å²) in [5.41, 5.74) is 0.548. The number of carbonyl (C=O) groups is 2. The number of carbonyl (C=O) groups excluding carboxylic acids is 2. The monoisotopic (exact) mass is 281 g/mol. The second-order valence-corrected chi connectivity index (χ2v) is 4.39. The van der Waals surface area contributed by atoms with Crippen LogP contribution in [-0.2, 0) is 9.53 Å². The Kier molecular flexibility index (Phi) is 4.12. The molecule has 1 fully saturated rings. The lowest BCUT2D eigenvalue weighted by Gasteiger charge is -2.11. The van der Waals surface area contributed by atoms with E-state index in [9.17, 15) is 18.4 Å². The summed E-state index contributed by atoms with van der Waals surface area (Å²) < 4.78 is 31.0. The van der Waals surface area contributed by atoms with Crippen molar-refractivity contribution in [2.45, 2.75) is 12.8 Å². The molecule has 0 unspecified atom stereocenters. The second-order valence-electron chi connectivity index (χ2n) is 4.39. The molecule has 1 aromatic rings. The highest BCUT2D eigenvalue weighted by molar-refractivity contribution is 5.93. The molecule has 1 aliphatic rings. The van der Waals surface area contributed by atoms with Crippen LogP contribution in [0.2, 0.25) is 0 Å². The van der Waals surface area contributed by atoms with Crippen LogP contribution >= 0.6 is 0 Å². The Bertz CT molecular complexity index is 572. The van der Waals surface area contributed by atoms with Crippen molar-refractivity contribution in [1.82, 2.24) is 4.90 Å². The van der Waals surface area contributed by atoms with Crippen LogP contribution in [0.25, 0.3) is 5.57 Å². The van der Waals surface area contributed by atoms with Crippen molar-refractivity contribution < 1.29 is 23.1 Å². The minimum atomic E-state index is -0.719. The van der Waals surface area contributed by atoms with Crippen molar-refractivity contribution in [2.24, 2.45) is 0 Å². The van der Waals surface area contributed by atoms with Gasteiger partial charge in [-0.25, -0.2) is 18.5 Å². The van der Waals surface area contributed by atoms with Crippen LogP contribution in [-0.4, -0.2) is 30.1 Å². The molecular weight excluding hydrogens is 268 g/mol. The van der Waals surface area contributed by atoms with Crippen LogP contribution in [0.15, 0.2) is 24.8 Å². The van der Waals surface area contributed by atoms with Gasteiger partial charge in [0, 0.05) is 18.1 Å². The molecule has 0 spiro atoms. The standard InChI is InChI=1S/C14H13F2NO3/c1-9(11-4-3-10(15)8-12(11)16)2-5-13(18)17-6-7-20-14(17)19/h3-4,8H,1-2,5-7H2. The van der Waals surface area contributed by atoms with Gasteiger partial charge in [-0.05, 0) is 24.1 Å². The van der Waals surface area contributed by atoms with Gasteiger partial charge in [0.25, 0.3) is 0 Å². The van der Waals surface area contributed by atoms with Gasteiger partial charge in [0.2, 0.25) is 5.91 Å². The third-order valence-corrected chi connectivity index (χ3v) is 3.01. The Morgan fingerprint density at radius 2 is 2.10 bits per heavy atom. The maximum Gasteiger partial charge on any atom is 0.416 e. The summed E-state index contributed by atoms with van der Waals surface area (Å²) in [4.78, 5) is 23.9. The molecule has 1 saturated heterocycles. The number of rotatable bonds is 4. The lowest BCUT2D eigenvalue weighted by Crippen LogP contribution is -2.31. The molecule has 0 atom stereocenters. The molecule has 2 amide bonds. The molecule has 0 radical (unpaired) electrons. The van der Waals surface area contributed by atoms with Crippen LogP contribution in [0.4, 0.5) is 13.6 Å². The van der Waals surface area contributed by atoms with Crippen molar-refractivity contribution in [2.75, 3.05) is 13.2 Å².